The van der Waals surface area contributed by atoms with Crippen molar-refractivity contribution in [3.63, 3.8) is 0 Å². The normalized spacial score (nSPS) is 11.1. The van der Waals surface area contributed by atoms with E-state index < -0.39 is 12.8 Å². The molecule has 92 valence electrons. The highest BCUT2D eigenvalue weighted by atomic mass is 79.9. The van der Waals surface area contributed by atoms with Gasteiger partial charge in [0.2, 0.25) is 6.86 Å². The molecule has 0 amide bonds. The van der Waals surface area contributed by atoms with E-state index in [0.717, 1.165) is 11.8 Å². The molecule has 0 aromatic heterocycles. The van der Waals surface area contributed by atoms with Crippen LogP contribution in [0.25, 0.3) is 5.57 Å². The summed E-state index contributed by atoms with van der Waals surface area (Å²) in [5, 5.41) is 0.577. The molecule has 0 aliphatic carbocycles. The van der Waals surface area contributed by atoms with Gasteiger partial charge in [-0.15, -0.1) is 0 Å². The molecule has 1 aromatic rings. The molecule has 0 spiro atoms. The predicted octanol–water partition coefficient (Wildman–Crippen LogP) is 3.04. The van der Waals surface area contributed by atoms with Gasteiger partial charge in [0.1, 0.15) is 11.8 Å². The van der Waals surface area contributed by atoms with Crippen LogP contribution >= 0.6 is 15.9 Å². The summed E-state index contributed by atoms with van der Waals surface area (Å²) in [6.07, 6.45) is 1.08. The molecule has 0 unspecified atom stereocenters. The highest BCUT2D eigenvalue weighted by Crippen LogP contribution is 2.22. The van der Waals surface area contributed by atoms with Crippen molar-refractivity contribution in [3.05, 3.63) is 41.7 Å². The van der Waals surface area contributed by atoms with Crippen LogP contribution < -0.4 is 0 Å². The molecule has 0 atom stereocenters. The van der Waals surface area contributed by atoms with Crippen molar-refractivity contribution in [2.24, 2.45) is 0 Å². The first-order chi connectivity index (χ1) is 8.24. The van der Waals surface area contributed by atoms with E-state index in [0.29, 0.717) is 10.9 Å². The van der Waals surface area contributed by atoms with Crippen LogP contribution in [0.5, 0.6) is 0 Å². The number of benzene rings is 1. The number of hydrogen-bond acceptors (Lipinski definition) is 3. The van der Waals surface area contributed by atoms with Crippen molar-refractivity contribution in [3.8, 4) is 0 Å². The fraction of sp³-hybridized carbons (Fsp3) is 0.250. The Morgan fingerprint density at radius 3 is 2.76 bits per heavy atom. The third-order valence-corrected chi connectivity index (χ3v) is 2.73. The number of methoxy groups -OCH3 is 1. The van der Waals surface area contributed by atoms with E-state index in [2.05, 4.69) is 25.4 Å². The van der Waals surface area contributed by atoms with Crippen molar-refractivity contribution in [1.82, 2.24) is 0 Å². The minimum Gasteiger partial charge on any atom is -0.470 e. The number of ether oxygens (including phenoxy) is 2. The molecular formula is C12H12BrFO3. The van der Waals surface area contributed by atoms with Gasteiger partial charge in [0.15, 0.2) is 0 Å². The number of hydrogen-bond donors (Lipinski definition) is 0. The van der Waals surface area contributed by atoms with Crippen LogP contribution in [-0.4, -0.2) is 19.9 Å². The fourth-order valence-electron chi connectivity index (χ4n) is 1.35. The van der Waals surface area contributed by atoms with Gasteiger partial charge in [0, 0.05) is 5.33 Å². The summed E-state index contributed by atoms with van der Waals surface area (Å²) in [7, 11) is 1.27. The quantitative estimate of drug-likeness (QED) is 0.363. The Hall–Kier alpha value is -1.36. The van der Waals surface area contributed by atoms with Crippen LogP contribution in [0, 0.1) is 0 Å². The first-order valence-corrected chi connectivity index (χ1v) is 5.97. The highest BCUT2D eigenvalue weighted by molar-refractivity contribution is 9.08. The van der Waals surface area contributed by atoms with Crippen LogP contribution in [0.1, 0.15) is 11.1 Å². The second kappa shape index (κ2) is 7.06. The van der Waals surface area contributed by atoms with Gasteiger partial charge in [-0.2, -0.15) is 0 Å². The van der Waals surface area contributed by atoms with Crippen LogP contribution in [0.15, 0.2) is 30.5 Å². The van der Waals surface area contributed by atoms with E-state index >= 15 is 0 Å². The lowest BCUT2D eigenvalue weighted by Crippen LogP contribution is -2.06. The predicted molar refractivity (Wildman–Crippen MR) is 66.1 cm³/mol. The summed E-state index contributed by atoms with van der Waals surface area (Å²) in [5.41, 5.74) is 1.75. The van der Waals surface area contributed by atoms with Crippen molar-refractivity contribution < 1.29 is 18.7 Å². The lowest BCUT2D eigenvalue weighted by molar-refractivity contribution is -0.133. The Bertz CT molecular complexity index is 418. The van der Waals surface area contributed by atoms with Crippen molar-refractivity contribution in [1.29, 1.82) is 0 Å². The Balaban J connectivity index is 3.17. The third kappa shape index (κ3) is 3.56. The summed E-state index contributed by atoms with van der Waals surface area (Å²) in [6, 6.07) is 7.25. The maximum Gasteiger partial charge on any atom is 0.341 e. The standard InChI is InChI=1S/C12H12BrFO3/c1-16-12(15)11(7-17-8-14)10-5-3-2-4-9(10)6-13/h2-5,7H,6,8H2,1H3/b11-7+. The van der Waals surface area contributed by atoms with Gasteiger partial charge < -0.3 is 9.47 Å². The van der Waals surface area contributed by atoms with E-state index in [-0.39, 0.29) is 5.57 Å². The first kappa shape index (κ1) is 13.7. The average molecular weight is 303 g/mol. The maximum atomic E-state index is 12.0. The topological polar surface area (TPSA) is 35.5 Å². The molecule has 1 aromatic carbocycles. The number of rotatable bonds is 5. The highest BCUT2D eigenvalue weighted by Gasteiger charge is 2.15. The van der Waals surface area contributed by atoms with E-state index in [9.17, 15) is 9.18 Å². The summed E-state index contributed by atoms with van der Waals surface area (Å²) in [4.78, 5) is 11.6. The number of carbonyl (C=O) groups is 1. The Labute approximate surface area is 107 Å². The molecule has 1 rings (SSSR count). The van der Waals surface area contributed by atoms with E-state index in [1.54, 1.807) is 12.1 Å². The number of alkyl halides is 2. The zero-order chi connectivity index (χ0) is 12.7. The number of carbonyl (C=O) groups excluding carboxylic acids is 1. The number of halogens is 2. The molecule has 0 radical (unpaired) electrons. The molecule has 3 nitrogen and oxygen atoms in total. The Morgan fingerprint density at radius 1 is 1.47 bits per heavy atom. The van der Waals surface area contributed by atoms with Gasteiger partial charge in [-0.3, -0.25) is 0 Å². The Kier molecular flexibility index (Phi) is 5.69. The molecular weight excluding hydrogens is 291 g/mol. The summed E-state index contributed by atoms with van der Waals surface area (Å²) in [6.45, 7) is -0.989. The summed E-state index contributed by atoms with van der Waals surface area (Å²) < 4.78 is 21.2. The van der Waals surface area contributed by atoms with Crippen LogP contribution in [0.3, 0.4) is 0 Å². The molecule has 0 saturated carbocycles. The lowest BCUT2D eigenvalue weighted by Gasteiger charge is -2.09. The monoisotopic (exact) mass is 302 g/mol. The van der Waals surface area contributed by atoms with Crippen molar-refractivity contribution in [2.75, 3.05) is 14.0 Å². The second-order valence-electron chi connectivity index (χ2n) is 3.09. The third-order valence-electron chi connectivity index (χ3n) is 2.12. The molecule has 17 heavy (non-hydrogen) atoms. The van der Waals surface area contributed by atoms with E-state index in [4.69, 9.17) is 0 Å². The van der Waals surface area contributed by atoms with Crippen LogP contribution in [-0.2, 0) is 19.6 Å². The average Bonchev–Trinajstić information content (AvgIpc) is 2.39. The van der Waals surface area contributed by atoms with Gasteiger partial charge in [-0.25, -0.2) is 9.18 Å². The Morgan fingerprint density at radius 2 is 2.18 bits per heavy atom. The molecule has 5 heteroatoms. The molecule has 0 heterocycles. The van der Waals surface area contributed by atoms with Crippen molar-refractivity contribution in [2.45, 2.75) is 5.33 Å². The van der Waals surface area contributed by atoms with Crippen molar-refractivity contribution >= 4 is 27.5 Å². The minimum atomic E-state index is -0.989. The van der Waals surface area contributed by atoms with Gasteiger partial charge in [-0.1, -0.05) is 40.2 Å². The van der Waals surface area contributed by atoms with E-state index in [1.165, 1.54) is 7.11 Å². The molecule has 0 N–H and O–H groups in total. The molecule has 0 bridgehead atoms. The van der Waals surface area contributed by atoms with Gasteiger partial charge >= 0.3 is 5.97 Å². The first-order valence-electron chi connectivity index (χ1n) is 4.84. The summed E-state index contributed by atoms with van der Waals surface area (Å²) >= 11 is 3.32. The zero-order valence-electron chi connectivity index (χ0n) is 9.28. The van der Waals surface area contributed by atoms with Crippen LogP contribution in [0.2, 0.25) is 0 Å². The van der Waals surface area contributed by atoms with Gasteiger partial charge in [0.05, 0.1) is 7.11 Å². The maximum absolute atomic E-state index is 12.0. The largest absolute Gasteiger partial charge is 0.470 e. The second-order valence-corrected chi connectivity index (χ2v) is 3.65. The lowest BCUT2D eigenvalue weighted by atomic mass is 10.0. The fourth-order valence-corrected chi connectivity index (χ4v) is 1.83. The van der Waals surface area contributed by atoms with Gasteiger partial charge in [0.25, 0.3) is 0 Å². The number of esters is 1. The zero-order valence-corrected chi connectivity index (χ0v) is 10.9. The molecule has 0 aliphatic heterocycles. The molecule has 0 aliphatic rings. The van der Waals surface area contributed by atoms with Gasteiger partial charge in [-0.05, 0) is 11.1 Å². The minimum absolute atomic E-state index is 0.195. The van der Waals surface area contributed by atoms with Crippen LogP contribution in [0.4, 0.5) is 4.39 Å². The molecule has 0 saturated heterocycles. The summed E-state index contributed by atoms with van der Waals surface area (Å²) in [5.74, 6) is -0.563. The molecule has 0 fully saturated rings. The SMILES string of the molecule is COC(=O)/C(=C/OCF)c1ccccc1CBr. The smallest absolute Gasteiger partial charge is 0.341 e. The van der Waals surface area contributed by atoms with E-state index in [1.807, 2.05) is 12.1 Å².